The fourth-order valence-corrected chi connectivity index (χ4v) is 4.20. The van der Waals surface area contributed by atoms with Gasteiger partial charge >= 0.3 is 0 Å². The molecular weight excluding hydrogens is 374 g/mol. The Labute approximate surface area is 180 Å². The molecule has 1 aliphatic carbocycles. The van der Waals surface area contributed by atoms with Crippen molar-refractivity contribution in [3.8, 4) is 5.75 Å². The first-order valence-corrected chi connectivity index (χ1v) is 11.0. The number of nitrogens with one attached hydrogen (secondary N) is 1. The Morgan fingerprint density at radius 3 is 2.53 bits per heavy atom. The topological polar surface area (TPSA) is 65.5 Å². The van der Waals surface area contributed by atoms with Gasteiger partial charge in [0.25, 0.3) is 0 Å². The van der Waals surface area contributed by atoms with Gasteiger partial charge in [-0.15, -0.1) is 0 Å². The zero-order chi connectivity index (χ0) is 21.7. The van der Waals surface area contributed by atoms with E-state index in [1.165, 1.54) is 24.0 Å². The van der Waals surface area contributed by atoms with Crippen molar-refractivity contribution < 1.29 is 9.90 Å². The first kappa shape index (κ1) is 22.3. The summed E-state index contributed by atoms with van der Waals surface area (Å²) < 4.78 is 0. The number of amides is 1. The summed E-state index contributed by atoms with van der Waals surface area (Å²) in [6, 6.07) is 7.86. The molecule has 2 aromatic rings. The highest BCUT2D eigenvalue weighted by Gasteiger charge is 2.28. The monoisotopic (exact) mass is 409 g/mol. The van der Waals surface area contributed by atoms with Gasteiger partial charge in [-0.25, -0.2) is 0 Å². The molecule has 30 heavy (non-hydrogen) atoms. The molecule has 1 heterocycles. The standard InChI is InChI=1S/C25H35N3O2/c1-17-10-23(29)11-18(2)24(17)14-22(28(3)4)16-27-25(30)13-21(12-19-7-8-19)20-6-5-9-26-15-20/h5-6,9-11,15,19,21-22,29H,7-8,12-14,16H2,1-4H3,(H,27,30)/t21-,22+/m1/s1. The third kappa shape index (κ3) is 6.30. The molecule has 1 fully saturated rings. The van der Waals surface area contributed by atoms with Crippen molar-refractivity contribution in [2.75, 3.05) is 20.6 Å². The predicted octanol–water partition coefficient (Wildman–Crippen LogP) is 3.97. The lowest BCUT2D eigenvalue weighted by atomic mass is 9.91. The fourth-order valence-electron chi connectivity index (χ4n) is 4.20. The van der Waals surface area contributed by atoms with E-state index in [0.717, 1.165) is 29.9 Å². The number of benzene rings is 1. The summed E-state index contributed by atoms with van der Waals surface area (Å²) in [5.41, 5.74) is 4.58. The van der Waals surface area contributed by atoms with Gasteiger partial charge in [-0.2, -0.15) is 0 Å². The Kier molecular flexibility index (Phi) is 7.48. The van der Waals surface area contributed by atoms with Gasteiger partial charge in [-0.3, -0.25) is 9.78 Å². The summed E-state index contributed by atoms with van der Waals surface area (Å²) >= 11 is 0. The van der Waals surface area contributed by atoms with Crippen molar-refractivity contribution in [3.63, 3.8) is 0 Å². The van der Waals surface area contributed by atoms with Gasteiger partial charge in [-0.05, 0) is 93.1 Å². The largest absolute Gasteiger partial charge is 0.508 e. The number of hydrogen-bond donors (Lipinski definition) is 2. The Morgan fingerprint density at radius 2 is 1.97 bits per heavy atom. The van der Waals surface area contributed by atoms with Crippen LogP contribution in [0.4, 0.5) is 0 Å². The second-order valence-electron chi connectivity index (χ2n) is 9.05. The van der Waals surface area contributed by atoms with E-state index in [2.05, 4.69) is 21.3 Å². The molecule has 5 heteroatoms. The van der Waals surface area contributed by atoms with Crippen molar-refractivity contribution in [1.29, 1.82) is 0 Å². The van der Waals surface area contributed by atoms with Crippen LogP contribution in [0.1, 0.15) is 53.9 Å². The maximum Gasteiger partial charge on any atom is 0.220 e. The molecule has 3 rings (SSSR count). The molecule has 162 valence electrons. The van der Waals surface area contributed by atoms with E-state index >= 15 is 0 Å². The SMILES string of the molecule is Cc1cc(O)cc(C)c1C[C@@H](CNC(=O)C[C@@H](CC1CC1)c1cccnc1)N(C)C. The summed E-state index contributed by atoms with van der Waals surface area (Å²) in [4.78, 5) is 19.2. The lowest BCUT2D eigenvalue weighted by molar-refractivity contribution is -0.121. The summed E-state index contributed by atoms with van der Waals surface area (Å²) in [6.07, 6.45) is 8.67. The maximum atomic E-state index is 12.8. The highest BCUT2D eigenvalue weighted by Crippen LogP contribution is 2.39. The number of carbonyl (C=O) groups excluding carboxylic acids is 1. The number of pyridine rings is 1. The molecule has 0 radical (unpaired) electrons. The average Bonchev–Trinajstić information content (AvgIpc) is 3.50. The van der Waals surface area contributed by atoms with Gasteiger partial charge in [0, 0.05) is 31.4 Å². The van der Waals surface area contributed by atoms with E-state index in [-0.39, 0.29) is 17.9 Å². The van der Waals surface area contributed by atoms with Crippen molar-refractivity contribution in [2.45, 2.75) is 57.9 Å². The van der Waals surface area contributed by atoms with E-state index in [4.69, 9.17) is 0 Å². The lowest BCUT2D eigenvalue weighted by Crippen LogP contribution is -2.42. The third-order valence-corrected chi connectivity index (χ3v) is 6.29. The van der Waals surface area contributed by atoms with E-state index in [9.17, 15) is 9.90 Å². The molecule has 2 N–H and O–H groups in total. The van der Waals surface area contributed by atoms with Gasteiger partial charge in [0.1, 0.15) is 5.75 Å². The van der Waals surface area contributed by atoms with E-state index in [1.54, 1.807) is 6.20 Å². The molecule has 0 aliphatic heterocycles. The number of likely N-dealkylation sites (N-methyl/N-ethyl adjacent to an activating group) is 1. The minimum Gasteiger partial charge on any atom is -0.508 e. The molecule has 1 amide bonds. The summed E-state index contributed by atoms with van der Waals surface area (Å²) in [5.74, 6) is 1.42. The third-order valence-electron chi connectivity index (χ3n) is 6.29. The minimum atomic E-state index is 0.107. The Morgan fingerprint density at radius 1 is 1.27 bits per heavy atom. The lowest BCUT2D eigenvalue weighted by Gasteiger charge is -2.27. The van der Waals surface area contributed by atoms with Gasteiger partial charge in [-0.1, -0.05) is 18.9 Å². The molecule has 1 aromatic carbocycles. The van der Waals surface area contributed by atoms with Crippen molar-refractivity contribution in [3.05, 3.63) is 58.9 Å². The fraction of sp³-hybridized carbons (Fsp3) is 0.520. The zero-order valence-electron chi connectivity index (χ0n) is 18.7. The van der Waals surface area contributed by atoms with Crippen LogP contribution in [0.5, 0.6) is 5.75 Å². The highest BCUT2D eigenvalue weighted by molar-refractivity contribution is 5.76. The number of rotatable bonds is 10. The van der Waals surface area contributed by atoms with E-state index in [0.29, 0.717) is 18.7 Å². The Hall–Kier alpha value is -2.40. The second kappa shape index (κ2) is 10.1. The van der Waals surface area contributed by atoms with Gasteiger partial charge in [0.05, 0.1) is 0 Å². The smallest absolute Gasteiger partial charge is 0.220 e. The molecule has 0 saturated heterocycles. The van der Waals surface area contributed by atoms with Crippen LogP contribution in [-0.4, -0.2) is 47.6 Å². The van der Waals surface area contributed by atoms with Crippen LogP contribution in [0.3, 0.4) is 0 Å². The van der Waals surface area contributed by atoms with E-state index in [1.807, 2.05) is 52.3 Å². The number of hydrogen-bond acceptors (Lipinski definition) is 4. The first-order chi connectivity index (χ1) is 14.3. The number of nitrogens with zero attached hydrogens (tertiary/aromatic N) is 2. The molecule has 0 spiro atoms. The number of carbonyl (C=O) groups is 1. The second-order valence-corrected chi connectivity index (χ2v) is 9.05. The molecule has 1 aliphatic rings. The molecule has 0 unspecified atom stereocenters. The summed E-state index contributed by atoms with van der Waals surface area (Å²) in [6.45, 7) is 4.67. The van der Waals surface area contributed by atoms with Gasteiger partial charge in [0.15, 0.2) is 0 Å². The first-order valence-electron chi connectivity index (χ1n) is 11.0. The maximum absolute atomic E-state index is 12.8. The molecule has 0 bridgehead atoms. The number of phenolic OH excluding ortho intramolecular Hbond substituents is 1. The zero-order valence-corrected chi connectivity index (χ0v) is 18.7. The Bertz CT molecular complexity index is 824. The summed E-state index contributed by atoms with van der Waals surface area (Å²) in [7, 11) is 4.10. The van der Waals surface area contributed by atoms with Crippen molar-refractivity contribution >= 4 is 5.91 Å². The molecule has 2 atom stereocenters. The van der Waals surface area contributed by atoms with Crippen LogP contribution in [0, 0.1) is 19.8 Å². The predicted molar refractivity (Wildman–Crippen MR) is 121 cm³/mol. The van der Waals surface area contributed by atoms with E-state index < -0.39 is 0 Å². The van der Waals surface area contributed by atoms with Crippen LogP contribution < -0.4 is 5.32 Å². The summed E-state index contributed by atoms with van der Waals surface area (Å²) in [5, 5.41) is 13.0. The van der Waals surface area contributed by atoms with Crippen LogP contribution in [-0.2, 0) is 11.2 Å². The van der Waals surface area contributed by atoms with Gasteiger partial charge < -0.3 is 15.3 Å². The Balaban J connectivity index is 1.60. The highest BCUT2D eigenvalue weighted by atomic mass is 16.3. The number of aromatic nitrogens is 1. The van der Waals surface area contributed by atoms with Gasteiger partial charge in [0.2, 0.25) is 5.91 Å². The minimum absolute atomic E-state index is 0.107. The number of phenols is 1. The van der Waals surface area contributed by atoms with Crippen molar-refractivity contribution in [2.24, 2.45) is 5.92 Å². The molecular formula is C25H35N3O2. The number of aromatic hydroxyl groups is 1. The van der Waals surface area contributed by atoms with Crippen LogP contribution in [0.2, 0.25) is 0 Å². The normalized spacial score (nSPS) is 15.8. The van der Waals surface area contributed by atoms with Crippen LogP contribution in [0.15, 0.2) is 36.7 Å². The molecule has 5 nitrogen and oxygen atoms in total. The van der Waals surface area contributed by atoms with Crippen LogP contribution in [0.25, 0.3) is 0 Å². The van der Waals surface area contributed by atoms with Crippen LogP contribution >= 0.6 is 0 Å². The number of aryl methyl sites for hydroxylation is 2. The molecule has 1 aromatic heterocycles. The molecule has 1 saturated carbocycles. The van der Waals surface area contributed by atoms with Crippen molar-refractivity contribution in [1.82, 2.24) is 15.2 Å². The quantitative estimate of drug-likeness (QED) is 0.623. The average molecular weight is 410 g/mol.